The average Bonchev–Trinajstić information content (AvgIpc) is 2.48. The SMILES string of the molecule is CCOc1cncc(-c2ccc(C(C)(C)C(N)=O)nc2)c1. The number of ether oxygens (including phenoxy) is 1. The Morgan fingerprint density at radius 1 is 1.24 bits per heavy atom. The summed E-state index contributed by atoms with van der Waals surface area (Å²) in [4.78, 5) is 20.0. The van der Waals surface area contributed by atoms with Crippen molar-refractivity contribution in [1.82, 2.24) is 9.97 Å². The summed E-state index contributed by atoms with van der Waals surface area (Å²) in [5.41, 5.74) is 7.08. The van der Waals surface area contributed by atoms with E-state index in [4.69, 9.17) is 10.5 Å². The number of primary amides is 1. The number of carbonyl (C=O) groups excluding carboxylic acids is 1. The minimum atomic E-state index is -0.788. The van der Waals surface area contributed by atoms with Crippen molar-refractivity contribution >= 4 is 5.91 Å². The quantitative estimate of drug-likeness (QED) is 0.914. The first-order valence-corrected chi connectivity index (χ1v) is 6.79. The summed E-state index contributed by atoms with van der Waals surface area (Å²) >= 11 is 0. The van der Waals surface area contributed by atoms with E-state index in [0.717, 1.165) is 16.9 Å². The van der Waals surface area contributed by atoms with E-state index in [1.807, 2.05) is 25.1 Å². The molecule has 0 unspecified atom stereocenters. The second kappa shape index (κ2) is 5.91. The van der Waals surface area contributed by atoms with Crippen molar-refractivity contribution in [2.45, 2.75) is 26.2 Å². The summed E-state index contributed by atoms with van der Waals surface area (Å²) in [5.74, 6) is 0.319. The Labute approximate surface area is 124 Å². The van der Waals surface area contributed by atoms with E-state index in [1.165, 1.54) is 0 Å². The molecule has 0 saturated carbocycles. The Kier molecular flexibility index (Phi) is 4.21. The van der Waals surface area contributed by atoms with Gasteiger partial charge in [0, 0.05) is 23.5 Å². The van der Waals surface area contributed by atoms with Crippen LogP contribution in [-0.4, -0.2) is 22.5 Å². The average molecular weight is 285 g/mol. The molecule has 2 rings (SSSR count). The van der Waals surface area contributed by atoms with Crippen molar-refractivity contribution in [1.29, 1.82) is 0 Å². The minimum Gasteiger partial charge on any atom is -0.492 e. The number of hydrogen-bond acceptors (Lipinski definition) is 4. The van der Waals surface area contributed by atoms with Crippen LogP contribution in [0.5, 0.6) is 5.75 Å². The monoisotopic (exact) mass is 285 g/mol. The van der Waals surface area contributed by atoms with Crippen molar-refractivity contribution < 1.29 is 9.53 Å². The topological polar surface area (TPSA) is 78.1 Å². The predicted octanol–water partition coefficient (Wildman–Crippen LogP) is 2.31. The standard InChI is InChI=1S/C16H19N3O2/c1-4-21-13-7-12(8-18-10-13)11-5-6-14(19-9-11)16(2,3)15(17)20/h5-10H,4H2,1-3H3,(H2,17,20). The third kappa shape index (κ3) is 3.18. The zero-order valence-corrected chi connectivity index (χ0v) is 12.5. The van der Waals surface area contributed by atoms with Crippen LogP contribution >= 0.6 is 0 Å². The lowest BCUT2D eigenvalue weighted by Gasteiger charge is -2.19. The molecule has 2 N–H and O–H groups in total. The zero-order valence-electron chi connectivity index (χ0n) is 12.5. The fraction of sp³-hybridized carbons (Fsp3) is 0.312. The highest BCUT2D eigenvalue weighted by Gasteiger charge is 2.28. The molecule has 0 spiro atoms. The highest BCUT2D eigenvalue weighted by Crippen LogP contribution is 2.25. The zero-order chi connectivity index (χ0) is 15.5. The second-order valence-electron chi connectivity index (χ2n) is 5.26. The molecule has 0 saturated heterocycles. The van der Waals surface area contributed by atoms with Gasteiger partial charge in [-0.2, -0.15) is 0 Å². The molecule has 2 aromatic heterocycles. The maximum Gasteiger partial charge on any atom is 0.229 e. The number of nitrogens with two attached hydrogens (primary N) is 1. The van der Waals surface area contributed by atoms with E-state index < -0.39 is 11.3 Å². The van der Waals surface area contributed by atoms with Gasteiger partial charge in [0.1, 0.15) is 5.75 Å². The highest BCUT2D eigenvalue weighted by molar-refractivity contribution is 5.85. The van der Waals surface area contributed by atoms with Gasteiger partial charge in [0.15, 0.2) is 0 Å². The van der Waals surface area contributed by atoms with Crippen molar-refractivity contribution in [2.75, 3.05) is 6.61 Å². The van der Waals surface area contributed by atoms with Gasteiger partial charge >= 0.3 is 0 Å². The Morgan fingerprint density at radius 2 is 2.00 bits per heavy atom. The summed E-state index contributed by atoms with van der Waals surface area (Å²) in [7, 11) is 0. The fourth-order valence-electron chi connectivity index (χ4n) is 1.88. The van der Waals surface area contributed by atoms with Crippen LogP contribution in [-0.2, 0) is 10.2 Å². The lowest BCUT2D eigenvalue weighted by atomic mass is 9.88. The van der Waals surface area contributed by atoms with Gasteiger partial charge in [-0.3, -0.25) is 14.8 Å². The van der Waals surface area contributed by atoms with E-state index in [-0.39, 0.29) is 0 Å². The molecule has 2 aromatic rings. The van der Waals surface area contributed by atoms with Gasteiger partial charge in [-0.15, -0.1) is 0 Å². The molecule has 0 aliphatic rings. The van der Waals surface area contributed by atoms with Crippen LogP contribution in [0.1, 0.15) is 26.5 Å². The molecule has 0 aliphatic heterocycles. The number of nitrogens with zero attached hydrogens (tertiary/aromatic N) is 2. The van der Waals surface area contributed by atoms with E-state index in [0.29, 0.717) is 12.3 Å². The van der Waals surface area contributed by atoms with Crippen molar-refractivity contribution in [3.05, 3.63) is 42.5 Å². The molecule has 0 aromatic carbocycles. The lowest BCUT2D eigenvalue weighted by Crippen LogP contribution is -2.36. The Hall–Kier alpha value is -2.43. The Balaban J connectivity index is 2.31. The molecule has 0 aliphatic carbocycles. The molecule has 1 amide bonds. The van der Waals surface area contributed by atoms with Gasteiger partial charge in [-0.1, -0.05) is 6.07 Å². The fourth-order valence-corrected chi connectivity index (χ4v) is 1.88. The van der Waals surface area contributed by atoms with Gasteiger partial charge in [-0.05, 0) is 32.9 Å². The number of carbonyl (C=O) groups is 1. The first-order chi connectivity index (χ1) is 9.95. The predicted molar refractivity (Wildman–Crippen MR) is 80.9 cm³/mol. The van der Waals surface area contributed by atoms with Crippen molar-refractivity contribution in [3.63, 3.8) is 0 Å². The summed E-state index contributed by atoms with van der Waals surface area (Å²) < 4.78 is 5.43. The van der Waals surface area contributed by atoms with Crippen LogP contribution in [0.2, 0.25) is 0 Å². The molecular weight excluding hydrogens is 266 g/mol. The number of aromatic nitrogens is 2. The minimum absolute atomic E-state index is 0.400. The Morgan fingerprint density at radius 3 is 2.57 bits per heavy atom. The summed E-state index contributed by atoms with van der Waals surface area (Å²) in [6, 6.07) is 5.62. The maximum absolute atomic E-state index is 11.4. The van der Waals surface area contributed by atoms with Gasteiger partial charge in [0.2, 0.25) is 5.91 Å². The van der Waals surface area contributed by atoms with Gasteiger partial charge in [-0.25, -0.2) is 0 Å². The van der Waals surface area contributed by atoms with Crippen LogP contribution in [0.25, 0.3) is 11.1 Å². The van der Waals surface area contributed by atoms with Gasteiger partial charge < -0.3 is 10.5 Å². The molecule has 2 heterocycles. The Bertz CT molecular complexity index is 636. The van der Waals surface area contributed by atoms with Crippen molar-refractivity contribution in [3.8, 4) is 16.9 Å². The number of rotatable bonds is 5. The molecule has 0 atom stereocenters. The second-order valence-corrected chi connectivity index (χ2v) is 5.26. The molecule has 5 heteroatoms. The summed E-state index contributed by atoms with van der Waals surface area (Å²) in [6.45, 7) is 6.03. The molecular formula is C16H19N3O2. The third-order valence-corrected chi connectivity index (χ3v) is 3.38. The largest absolute Gasteiger partial charge is 0.492 e. The van der Waals surface area contributed by atoms with E-state index in [2.05, 4.69) is 9.97 Å². The summed E-state index contributed by atoms with van der Waals surface area (Å²) in [5, 5.41) is 0. The summed E-state index contributed by atoms with van der Waals surface area (Å²) in [6.07, 6.45) is 5.14. The lowest BCUT2D eigenvalue weighted by molar-refractivity contribution is -0.122. The van der Waals surface area contributed by atoms with Crippen LogP contribution in [0, 0.1) is 0 Å². The van der Waals surface area contributed by atoms with E-state index in [1.54, 1.807) is 32.4 Å². The van der Waals surface area contributed by atoms with Crippen LogP contribution in [0.4, 0.5) is 0 Å². The van der Waals surface area contributed by atoms with Crippen LogP contribution in [0.3, 0.4) is 0 Å². The molecule has 21 heavy (non-hydrogen) atoms. The number of hydrogen-bond donors (Lipinski definition) is 1. The first kappa shape index (κ1) is 15.0. The third-order valence-electron chi connectivity index (χ3n) is 3.38. The molecule has 5 nitrogen and oxygen atoms in total. The maximum atomic E-state index is 11.4. The van der Waals surface area contributed by atoms with Crippen molar-refractivity contribution in [2.24, 2.45) is 5.73 Å². The normalized spacial score (nSPS) is 11.2. The highest BCUT2D eigenvalue weighted by atomic mass is 16.5. The first-order valence-electron chi connectivity index (χ1n) is 6.79. The van der Waals surface area contributed by atoms with E-state index >= 15 is 0 Å². The molecule has 110 valence electrons. The molecule has 0 bridgehead atoms. The van der Waals surface area contributed by atoms with Gasteiger partial charge in [0.25, 0.3) is 0 Å². The van der Waals surface area contributed by atoms with Crippen LogP contribution < -0.4 is 10.5 Å². The van der Waals surface area contributed by atoms with Gasteiger partial charge in [0.05, 0.1) is 23.9 Å². The smallest absolute Gasteiger partial charge is 0.229 e. The molecule has 0 radical (unpaired) electrons. The number of amides is 1. The van der Waals surface area contributed by atoms with Crippen LogP contribution in [0.15, 0.2) is 36.8 Å². The molecule has 0 fully saturated rings. The number of pyridine rings is 2. The van der Waals surface area contributed by atoms with E-state index in [9.17, 15) is 4.79 Å².